The first kappa shape index (κ1) is 20.5. The summed E-state index contributed by atoms with van der Waals surface area (Å²) in [7, 11) is 0. The Kier molecular flexibility index (Phi) is 6.81. The van der Waals surface area contributed by atoms with E-state index in [9.17, 15) is 4.79 Å². The number of carbonyl (C=O) groups is 1. The summed E-state index contributed by atoms with van der Waals surface area (Å²) >= 11 is 6.23. The van der Waals surface area contributed by atoms with E-state index in [1.807, 2.05) is 55.6 Å². The van der Waals surface area contributed by atoms with E-state index in [1.54, 1.807) is 0 Å². The quantitative estimate of drug-likeness (QED) is 0.712. The lowest BCUT2D eigenvalue weighted by Crippen LogP contribution is -2.87. The molecule has 1 amide bonds. The number of ether oxygens (including phenoxy) is 2. The maximum atomic E-state index is 12.3. The normalized spacial score (nSPS) is 16.2. The second-order valence-corrected chi connectivity index (χ2v) is 7.57. The molecule has 1 aliphatic heterocycles. The Morgan fingerprint density at radius 2 is 2.18 bits per heavy atom. The van der Waals surface area contributed by atoms with Gasteiger partial charge in [0.05, 0.1) is 6.61 Å². The number of nitrogens with two attached hydrogens (primary N) is 1. The van der Waals surface area contributed by atoms with Crippen LogP contribution in [0.15, 0.2) is 36.4 Å². The lowest BCUT2D eigenvalue weighted by molar-refractivity contribution is -0.682. The zero-order valence-corrected chi connectivity index (χ0v) is 17.4. The smallest absolute Gasteiger partial charge is 0.275 e. The van der Waals surface area contributed by atoms with Crippen LogP contribution < -0.4 is 20.1 Å². The molecule has 2 aromatic carbocycles. The van der Waals surface area contributed by atoms with E-state index >= 15 is 0 Å². The van der Waals surface area contributed by atoms with Crippen molar-refractivity contribution in [2.24, 2.45) is 0 Å². The van der Waals surface area contributed by atoms with Crippen LogP contribution in [0.4, 0.5) is 0 Å². The number of amides is 1. The zero-order chi connectivity index (χ0) is 20.1. The first-order valence-electron chi connectivity index (χ1n) is 9.77. The molecule has 3 rings (SSSR count). The topological polar surface area (TPSA) is 64.2 Å². The molecule has 0 saturated carbocycles. The molecule has 0 spiro atoms. The Morgan fingerprint density at radius 3 is 2.93 bits per heavy atom. The molecule has 3 N–H and O–H groups in total. The maximum Gasteiger partial charge on any atom is 0.275 e. The monoisotopic (exact) mass is 403 g/mol. The van der Waals surface area contributed by atoms with E-state index in [1.165, 1.54) is 0 Å². The number of hydrogen-bond acceptors (Lipinski definition) is 3. The molecule has 1 heterocycles. The van der Waals surface area contributed by atoms with Gasteiger partial charge in [-0.15, -0.1) is 0 Å². The van der Waals surface area contributed by atoms with Crippen LogP contribution in [0.3, 0.4) is 0 Å². The fourth-order valence-corrected chi connectivity index (χ4v) is 3.74. The third-order valence-electron chi connectivity index (χ3n) is 4.91. The van der Waals surface area contributed by atoms with Gasteiger partial charge in [0, 0.05) is 34.7 Å². The number of hydrogen-bond donors (Lipinski definition) is 2. The average molecular weight is 404 g/mol. The molecule has 6 heteroatoms. The fourth-order valence-electron chi connectivity index (χ4n) is 3.43. The lowest BCUT2D eigenvalue weighted by atomic mass is 10.1. The molecule has 0 radical (unpaired) electrons. The van der Waals surface area contributed by atoms with Gasteiger partial charge in [-0.25, -0.2) is 0 Å². The van der Waals surface area contributed by atoms with Crippen molar-refractivity contribution < 1.29 is 19.6 Å². The summed E-state index contributed by atoms with van der Waals surface area (Å²) in [5, 5.41) is 5.69. The van der Waals surface area contributed by atoms with Crippen molar-refractivity contribution in [1.82, 2.24) is 5.32 Å². The highest BCUT2D eigenvalue weighted by molar-refractivity contribution is 6.31. The minimum Gasteiger partial charge on any atom is -0.494 e. The molecule has 5 nitrogen and oxygen atoms in total. The summed E-state index contributed by atoms with van der Waals surface area (Å²) in [5.74, 6) is 1.67. The van der Waals surface area contributed by atoms with Crippen LogP contribution >= 0.6 is 11.6 Å². The molecule has 2 atom stereocenters. The van der Waals surface area contributed by atoms with Crippen molar-refractivity contribution in [3.8, 4) is 11.5 Å². The van der Waals surface area contributed by atoms with Gasteiger partial charge in [0.15, 0.2) is 6.54 Å². The Morgan fingerprint density at radius 1 is 1.39 bits per heavy atom. The summed E-state index contributed by atoms with van der Waals surface area (Å²) < 4.78 is 11.6. The number of carbonyl (C=O) groups excluding carboxylic acids is 1. The lowest BCUT2D eigenvalue weighted by Gasteiger charge is -2.14. The zero-order valence-electron chi connectivity index (χ0n) is 16.6. The molecule has 2 aromatic rings. The predicted molar refractivity (Wildman–Crippen MR) is 110 cm³/mol. The highest BCUT2D eigenvalue weighted by Crippen LogP contribution is 2.35. The number of nitrogens with one attached hydrogen (secondary N) is 1. The summed E-state index contributed by atoms with van der Waals surface area (Å²) in [4.78, 5) is 12.3. The second kappa shape index (κ2) is 9.30. The molecule has 0 saturated heterocycles. The third-order valence-corrected chi connectivity index (χ3v) is 5.25. The maximum absolute atomic E-state index is 12.3. The average Bonchev–Trinajstić information content (AvgIpc) is 3.03. The summed E-state index contributed by atoms with van der Waals surface area (Å²) in [6, 6.07) is 11.8. The van der Waals surface area contributed by atoms with Crippen LogP contribution in [0.5, 0.6) is 11.5 Å². The number of halogens is 1. The van der Waals surface area contributed by atoms with Gasteiger partial charge in [-0.05, 0) is 39.0 Å². The molecule has 0 fully saturated rings. The molecule has 150 valence electrons. The standard InChI is InChI=1S/C22H27ClN2O3/c1-4-27-20-10-16-9-14(2)28-21(16)11-17(20)12-25-22(26)13-24-15(3)18-7-5-6-8-19(18)23/h5-8,10-11,14-15,24H,4,9,12-13H2,1-3H3,(H,25,26)/p+1/t14-,15-/m0/s1. The molecule has 28 heavy (non-hydrogen) atoms. The van der Waals surface area contributed by atoms with Crippen LogP contribution in [0.25, 0.3) is 0 Å². The van der Waals surface area contributed by atoms with Crippen LogP contribution in [0.1, 0.15) is 43.5 Å². The number of quaternary nitrogens is 1. The van der Waals surface area contributed by atoms with Crippen molar-refractivity contribution in [3.05, 3.63) is 58.1 Å². The number of benzene rings is 2. The number of fused-ring (bicyclic) bond motifs is 1. The first-order valence-corrected chi connectivity index (χ1v) is 10.2. The molecule has 0 aliphatic carbocycles. The van der Waals surface area contributed by atoms with E-state index in [-0.39, 0.29) is 18.1 Å². The van der Waals surface area contributed by atoms with Crippen LogP contribution in [0.2, 0.25) is 5.02 Å². The van der Waals surface area contributed by atoms with Gasteiger partial charge in [0.2, 0.25) is 0 Å². The molecule has 1 aliphatic rings. The second-order valence-electron chi connectivity index (χ2n) is 7.16. The molecular weight excluding hydrogens is 376 g/mol. The number of rotatable bonds is 8. The summed E-state index contributed by atoms with van der Waals surface area (Å²) in [5.41, 5.74) is 3.12. The first-order chi connectivity index (χ1) is 13.5. The predicted octanol–water partition coefficient (Wildman–Crippen LogP) is 3.00. The summed E-state index contributed by atoms with van der Waals surface area (Å²) in [6.07, 6.45) is 1.06. The fraction of sp³-hybridized carbons (Fsp3) is 0.409. The van der Waals surface area contributed by atoms with Crippen molar-refractivity contribution in [2.75, 3.05) is 13.2 Å². The molecule has 0 unspecified atom stereocenters. The SMILES string of the molecule is CCOc1cc2c(cc1CNC(=O)C[NH2+][C@@H](C)c1ccccc1Cl)O[C@@H](C)C2. The van der Waals surface area contributed by atoms with Gasteiger partial charge in [0.1, 0.15) is 23.6 Å². The van der Waals surface area contributed by atoms with Crippen LogP contribution in [-0.2, 0) is 17.8 Å². The summed E-state index contributed by atoms with van der Waals surface area (Å²) in [6.45, 7) is 7.37. The Hall–Kier alpha value is -2.24. The third kappa shape index (κ3) is 4.97. The van der Waals surface area contributed by atoms with Crippen LogP contribution in [0, 0.1) is 0 Å². The van der Waals surface area contributed by atoms with Gasteiger partial charge in [-0.1, -0.05) is 29.8 Å². The van der Waals surface area contributed by atoms with Crippen molar-refractivity contribution in [3.63, 3.8) is 0 Å². The van der Waals surface area contributed by atoms with E-state index in [0.717, 1.165) is 39.6 Å². The van der Waals surface area contributed by atoms with Crippen molar-refractivity contribution in [2.45, 2.75) is 45.9 Å². The Labute approximate surface area is 171 Å². The van der Waals surface area contributed by atoms with Gasteiger partial charge >= 0.3 is 0 Å². The van der Waals surface area contributed by atoms with Crippen LogP contribution in [-0.4, -0.2) is 25.2 Å². The minimum absolute atomic E-state index is 0.0314. The van der Waals surface area contributed by atoms with Crippen molar-refractivity contribution >= 4 is 17.5 Å². The minimum atomic E-state index is -0.0314. The van der Waals surface area contributed by atoms with Gasteiger partial charge in [0.25, 0.3) is 5.91 Å². The Balaban J connectivity index is 1.57. The van der Waals surface area contributed by atoms with Gasteiger partial charge < -0.3 is 20.1 Å². The highest BCUT2D eigenvalue weighted by atomic mass is 35.5. The molecule has 0 aromatic heterocycles. The molecule has 0 bridgehead atoms. The van der Waals surface area contributed by atoms with Crippen molar-refractivity contribution in [1.29, 1.82) is 0 Å². The van der Waals surface area contributed by atoms with E-state index in [0.29, 0.717) is 19.7 Å². The Bertz CT molecular complexity index is 841. The van der Waals surface area contributed by atoms with E-state index in [4.69, 9.17) is 21.1 Å². The van der Waals surface area contributed by atoms with Gasteiger partial charge in [-0.2, -0.15) is 0 Å². The largest absolute Gasteiger partial charge is 0.494 e. The molecular formula is C22H28ClN2O3+. The van der Waals surface area contributed by atoms with Gasteiger partial charge in [-0.3, -0.25) is 4.79 Å². The highest BCUT2D eigenvalue weighted by Gasteiger charge is 2.22. The van der Waals surface area contributed by atoms with E-state index < -0.39 is 0 Å². The van der Waals surface area contributed by atoms with E-state index in [2.05, 4.69) is 12.2 Å².